The van der Waals surface area contributed by atoms with E-state index in [9.17, 15) is 4.79 Å². The van der Waals surface area contributed by atoms with E-state index in [4.69, 9.17) is 15.6 Å². The van der Waals surface area contributed by atoms with Crippen LogP contribution in [-0.4, -0.2) is 66.4 Å². The average Bonchev–Trinajstić information content (AvgIpc) is 3.54. The number of anilines is 3. The van der Waals surface area contributed by atoms with Gasteiger partial charge < -0.3 is 25.8 Å². The number of rotatable bonds is 7. The van der Waals surface area contributed by atoms with Crippen LogP contribution in [-0.2, 0) is 11.8 Å². The van der Waals surface area contributed by atoms with Crippen LogP contribution in [0.1, 0.15) is 6.42 Å². The van der Waals surface area contributed by atoms with Crippen LogP contribution in [0, 0.1) is 0 Å². The second-order valence-electron chi connectivity index (χ2n) is 8.50. The van der Waals surface area contributed by atoms with Crippen molar-refractivity contribution in [1.29, 1.82) is 0 Å². The number of aromatic nitrogens is 5. The van der Waals surface area contributed by atoms with E-state index in [-0.39, 0.29) is 12.0 Å². The van der Waals surface area contributed by atoms with Gasteiger partial charge in [0, 0.05) is 55.4 Å². The van der Waals surface area contributed by atoms with Gasteiger partial charge in [0.15, 0.2) is 0 Å². The largest absolute Gasteiger partial charge is 0.486 e. The van der Waals surface area contributed by atoms with Gasteiger partial charge in [0.05, 0.1) is 29.8 Å². The Balaban J connectivity index is 1.29. The minimum atomic E-state index is -0.494. The third kappa shape index (κ3) is 5.10. The normalized spacial score (nSPS) is 15.2. The smallest absolute Gasteiger partial charge is 0.248 e. The Kier molecular flexibility index (Phi) is 6.46. The first-order chi connectivity index (χ1) is 17.5. The molecular formula is C25H26N8O3. The molecule has 0 unspecified atom stereocenters. The number of nitrogens with one attached hydrogen (secondary N) is 1. The fraction of sp³-hybridized carbons (Fsp3) is 0.240. The standard InChI is InChI=1S/C25H26N8O3/c1-32-13-17(12-29-32)22-11-18(4-7-27-22)30-25-28-8-5-21(31-25)16-2-3-23(20(26)10-16)36-19-6-9-33(14-19)24(35)15-34/h2-5,7-8,10-13,19,34H,6,9,14-15,26H2,1H3,(H,27,28,30,31)/t19-/m1/s1. The molecule has 0 spiro atoms. The second-order valence-corrected chi connectivity index (χ2v) is 8.50. The number of hydrogen-bond donors (Lipinski definition) is 3. The number of nitrogens with two attached hydrogens (primary N) is 1. The lowest BCUT2D eigenvalue weighted by atomic mass is 10.1. The van der Waals surface area contributed by atoms with Crippen molar-refractivity contribution in [2.45, 2.75) is 12.5 Å². The van der Waals surface area contributed by atoms with Gasteiger partial charge >= 0.3 is 0 Å². The zero-order chi connectivity index (χ0) is 25.1. The Morgan fingerprint density at radius 3 is 2.81 bits per heavy atom. The number of nitrogens with zero attached hydrogens (tertiary/aromatic N) is 6. The molecule has 1 amide bonds. The third-order valence-corrected chi connectivity index (χ3v) is 5.90. The first kappa shape index (κ1) is 23.2. The minimum Gasteiger partial charge on any atom is -0.486 e. The molecule has 36 heavy (non-hydrogen) atoms. The molecule has 3 aromatic heterocycles. The maximum atomic E-state index is 11.7. The lowest BCUT2D eigenvalue weighted by molar-refractivity contribution is -0.133. The topological polar surface area (TPSA) is 144 Å². The van der Waals surface area contributed by atoms with E-state index in [1.54, 1.807) is 40.3 Å². The van der Waals surface area contributed by atoms with Crippen molar-refractivity contribution in [2.24, 2.45) is 7.05 Å². The number of benzene rings is 1. The van der Waals surface area contributed by atoms with Crippen LogP contribution in [0.25, 0.3) is 22.5 Å². The molecule has 5 rings (SSSR count). The van der Waals surface area contributed by atoms with Crippen molar-refractivity contribution < 1.29 is 14.6 Å². The second kappa shape index (κ2) is 10.0. The van der Waals surface area contributed by atoms with E-state index in [1.165, 1.54) is 0 Å². The number of hydrogen-bond acceptors (Lipinski definition) is 9. The molecule has 11 nitrogen and oxygen atoms in total. The Bertz CT molecular complexity index is 1390. The van der Waals surface area contributed by atoms with Crippen LogP contribution in [0.4, 0.5) is 17.3 Å². The summed E-state index contributed by atoms with van der Waals surface area (Å²) in [5.74, 6) is 0.696. The fourth-order valence-electron chi connectivity index (χ4n) is 4.07. The van der Waals surface area contributed by atoms with Gasteiger partial charge in [0.2, 0.25) is 11.9 Å². The molecule has 0 saturated carbocycles. The number of aliphatic hydroxyl groups is 1. The number of carbonyl (C=O) groups is 1. The molecule has 0 aliphatic carbocycles. The molecule has 1 aromatic carbocycles. The minimum absolute atomic E-state index is 0.166. The van der Waals surface area contributed by atoms with E-state index >= 15 is 0 Å². The maximum Gasteiger partial charge on any atom is 0.248 e. The summed E-state index contributed by atoms with van der Waals surface area (Å²) in [6.45, 7) is 0.491. The summed E-state index contributed by atoms with van der Waals surface area (Å²) in [6, 6.07) is 11.1. The lowest BCUT2D eigenvalue weighted by Gasteiger charge is -2.17. The molecule has 1 saturated heterocycles. The molecule has 0 bridgehead atoms. The zero-order valence-electron chi connectivity index (χ0n) is 19.7. The van der Waals surface area contributed by atoms with E-state index in [0.29, 0.717) is 42.6 Å². The lowest BCUT2D eigenvalue weighted by Crippen LogP contribution is -2.32. The molecule has 184 valence electrons. The predicted molar refractivity (Wildman–Crippen MR) is 134 cm³/mol. The van der Waals surface area contributed by atoms with Crippen molar-refractivity contribution in [3.05, 3.63) is 61.2 Å². The highest BCUT2D eigenvalue weighted by Crippen LogP contribution is 2.30. The van der Waals surface area contributed by atoms with Gasteiger partial charge in [-0.05, 0) is 36.4 Å². The molecule has 1 aliphatic heterocycles. The Hall–Kier alpha value is -4.51. The molecule has 11 heteroatoms. The molecule has 4 heterocycles. The molecule has 4 aromatic rings. The molecule has 0 radical (unpaired) electrons. The fourth-order valence-corrected chi connectivity index (χ4v) is 4.07. The predicted octanol–water partition coefficient (Wildman–Crippen LogP) is 2.24. The van der Waals surface area contributed by atoms with Gasteiger partial charge in [-0.3, -0.25) is 14.5 Å². The number of ether oxygens (including phenoxy) is 1. The summed E-state index contributed by atoms with van der Waals surface area (Å²) < 4.78 is 7.74. The summed E-state index contributed by atoms with van der Waals surface area (Å²) >= 11 is 0. The van der Waals surface area contributed by atoms with Gasteiger partial charge in [-0.1, -0.05) is 0 Å². The Morgan fingerprint density at radius 2 is 2.03 bits per heavy atom. The summed E-state index contributed by atoms with van der Waals surface area (Å²) in [5.41, 5.74) is 10.8. The van der Waals surface area contributed by atoms with Crippen molar-refractivity contribution >= 4 is 23.2 Å². The van der Waals surface area contributed by atoms with Crippen molar-refractivity contribution in [3.63, 3.8) is 0 Å². The van der Waals surface area contributed by atoms with Crippen LogP contribution in [0.3, 0.4) is 0 Å². The highest BCUT2D eigenvalue weighted by Gasteiger charge is 2.27. The van der Waals surface area contributed by atoms with Gasteiger partial charge in [0.25, 0.3) is 0 Å². The number of pyridine rings is 1. The van der Waals surface area contributed by atoms with Gasteiger partial charge in [-0.25, -0.2) is 9.97 Å². The van der Waals surface area contributed by atoms with E-state index in [2.05, 4.69) is 25.4 Å². The number of aryl methyl sites for hydroxylation is 1. The van der Waals surface area contributed by atoms with E-state index in [1.807, 2.05) is 37.5 Å². The first-order valence-electron chi connectivity index (χ1n) is 11.5. The third-order valence-electron chi connectivity index (χ3n) is 5.90. The van der Waals surface area contributed by atoms with Crippen molar-refractivity contribution in [1.82, 2.24) is 29.6 Å². The van der Waals surface area contributed by atoms with Crippen molar-refractivity contribution in [2.75, 3.05) is 30.7 Å². The van der Waals surface area contributed by atoms with Crippen LogP contribution in [0.5, 0.6) is 5.75 Å². The quantitative estimate of drug-likeness (QED) is 0.335. The summed E-state index contributed by atoms with van der Waals surface area (Å²) in [4.78, 5) is 26.7. The number of likely N-dealkylation sites (tertiary alicyclic amines) is 1. The number of aliphatic hydroxyl groups excluding tert-OH is 1. The van der Waals surface area contributed by atoms with E-state index in [0.717, 1.165) is 22.5 Å². The van der Waals surface area contributed by atoms with Gasteiger partial charge in [0.1, 0.15) is 18.5 Å². The number of amides is 1. The average molecular weight is 487 g/mol. The Labute approximate surface area is 207 Å². The molecular weight excluding hydrogens is 460 g/mol. The SMILES string of the molecule is Cn1cc(-c2cc(Nc3nccc(-c4ccc(O[C@@H]5CCN(C(=O)CO)C5)c(N)c4)n3)ccn2)cn1. The molecule has 1 aliphatic rings. The van der Waals surface area contributed by atoms with Crippen LogP contribution >= 0.6 is 0 Å². The Morgan fingerprint density at radius 1 is 1.17 bits per heavy atom. The highest BCUT2D eigenvalue weighted by molar-refractivity contribution is 5.77. The summed E-state index contributed by atoms with van der Waals surface area (Å²) in [7, 11) is 1.86. The van der Waals surface area contributed by atoms with E-state index < -0.39 is 6.61 Å². The number of carbonyl (C=O) groups excluding carboxylic acids is 1. The van der Waals surface area contributed by atoms with Crippen LogP contribution in [0.2, 0.25) is 0 Å². The first-order valence-corrected chi connectivity index (χ1v) is 11.5. The zero-order valence-corrected chi connectivity index (χ0v) is 19.7. The van der Waals surface area contributed by atoms with Crippen LogP contribution in [0.15, 0.2) is 61.2 Å². The molecule has 1 atom stereocenters. The number of nitrogen functional groups attached to an aromatic ring is 1. The van der Waals surface area contributed by atoms with Gasteiger partial charge in [-0.15, -0.1) is 0 Å². The monoisotopic (exact) mass is 486 g/mol. The van der Waals surface area contributed by atoms with Crippen molar-refractivity contribution in [3.8, 4) is 28.3 Å². The molecule has 1 fully saturated rings. The highest BCUT2D eigenvalue weighted by atomic mass is 16.5. The molecule has 4 N–H and O–H groups in total. The van der Waals surface area contributed by atoms with Gasteiger partial charge in [-0.2, -0.15) is 5.10 Å². The van der Waals surface area contributed by atoms with Crippen LogP contribution < -0.4 is 15.8 Å². The summed E-state index contributed by atoms with van der Waals surface area (Å²) in [5, 5.41) is 16.5. The maximum absolute atomic E-state index is 11.7. The summed E-state index contributed by atoms with van der Waals surface area (Å²) in [6.07, 6.45) is 7.58.